The van der Waals surface area contributed by atoms with Gasteiger partial charge in [0.2, 0.25) is 5.89 Å². The van der Waals surface area contributed by atoms with E-state index in [1.54, 1.807) is 20.0 Å². The van der Waals surface area contributed by atoms with Gasteiger partial charge in [0.15, 0.2) is 5.82 Å². The van der Waals surface area contributed by atoms with Crippen LogP contribution in [-0.2, 0) is 16.8 Å². The number of carbonyl (C=O) groups excluding carboxylic acids is 1. The molecule has 2 aromatic heterocycles. The molecule has 0 bridgehead atoms. The number of hydrogen-bond donors (Lipinski definition) is 2. The Morgan fingerprint density at radius 1 is 1.06 bits per heavy atom. The molecule has 8 nitrogen and oxygen atoms in total. The van der Waals surface area contributed by atoms with Crippen LogP contribution in [0.15, 0.2) is 59.3 Å². The minimum Gasteiger partial charge on any atom is -0.444 e. The normalized spacial score (nSPS) is 12.9. The number of pyridine rings is 1. The number of amides is 1. The fourth-order valence-corrected chi connectivity index (χ4v) is 2.97. The molecule has 1 atom stereocenters. The fourth-order valence-electron chi connectivity index (χ4n) is 2.97. The van der Waals surface area contributed by atoms with Gasteiger partial charge in [-0.15, -0.1) is 0 Å². The van der Waals surface area contributed by atoms with Gasteiger partial charge in [0.05, 0.1) is 18.3 Å². The molecular weight excluding hydrogens is 394 g/mol. The van der Waals surface area contributed by atoms with Crippen LogP contribution >= 0.6 is 0 Å². The SMILES string of the molecule is CC(C)(C)OC(=O)NC(C)(C)c1noc(CNC(c2ccccc2)c2ccccn2)n1. The van der Waals surface area contributed by atoms with Crippen LogP contribution in [-0.4, -0.2) is 26.8 Å². The summed E-state index contributed by atoms with van der Waals surface area (Å²) < 4.78 is 10.7. The number of carbonyl (C=O) groups is 1. The second-order valence-electron chi connectivity index (χ2n) is 8.74. The van der Waals surface area contributed by atoms with Crippen LogP contribution < -0.4 is 10.6 Å². The molecule has 31 heavy (non-hydrogen) atoms. The second kappa shape index (κ2) is 9.26. The van der Waals surface area contributed by atoms with E-state index in [-0.39, 0.29) is 6.04 Å². The molecule has 0 aliphatic heterocycles. The van der Waals surface area contributed by atoms with Crippen molar-refractivity contribution < 1.29 is 14.1 Å². The van der Waals surface area contributed by atoms with Gasteiger partial charge in [-0.1, -0.05) is 41.6 Å². The van der Waals surface area contributed by atoms with E-state index in [0.717, 1.165) is 11.3 Å². The Morgan fingerprint density at radius 3 is 2.42 bits per heavy atom. The maximum atomic E-state index is 12.1. The maximum absolute atomic E-state index is 12.1. The van der Waals surface area contributed by atoms with Crippen LogP contribution in [0.3, 0.4) is 0 Å². The average molecular weight is 424 g/mol. The van der Waals surface area contributed by atoms with Crippen molar-refractivity contribution in [2.75, 3.05) is 0 Å². The van der Waals surface area contributed by atoms with Gasteiger partial charge < -0.3 is 14.6 Å². The van der Waals surface area contributed by atoms with E-state index in [1.165, 1.54) is 0 Å². The number of aromatic nitrogens is 3. The highest BCUT2D eigenvalue weighted by atomic mass is 16.6. The Bertz CT molecular complexity index is 942. The Balaban J connectivity index is 1.70. The summed E-state index contributed by atoms with van der Waals surface area (Å²) in [6.07, 6.45) is 1.23. The van der Waals surface area contributed by atoms with E-state index < -0.39 is 17.2 Å². The number of benzene rings is 1. The third-order valence-electron chi connectivity index (χ3n) is 4.41. The summed E-state index contributed by atoms with van der Waals surface area (Å²) in [5.74, 6) is 0.773. The van der Waals surface area contributed by atoms with Gasteiger partial charge >= 0.3 is 6.09 Å². The van der Waals surface area contributed by atoms with Crippen molar-refractivity contribution in [2.24, 2.45) is 0 Å². The first-order valence-corrected chi connectivity index (χ1v) is 10.2. The third-order valence-corrected chi connectivity index (χ3v) is 4.41. The quantitative estimate of drug-likeness (QED) is 0.590. The van der Waals surface area contributed by atoms with Gasteiger partial charge in [0.25, 0.3) is 0 Å². The molecule has 0 fully saturated rings. The molecule has 2 heterocycles. The van der Waals surface area contributed by atoms with Gasteiger partial charge in [-0.3, -0.25) is 10.3 Å². The van der Waals surface area contributed by atoms with Gasteiger partial charge in [0.1, 0.15) is 11.1 Å². The average Bonchev–Trinajstić information content (AvgIpc) is 3.18. The lowest BCUT2D eigenvalue weighted by molar-refractivity contribution is 0.0465. The summed E-state index contributed by atoms with van der Waals surface area (Å²) in [5, 5.41) is 10.3. The molecule has 3 rings (SSSR count). The molecule has 3 aromatic rings. The maximum Gasteiger partial charge on any atom is 0.408 e. The Kier molecular flexibility index (Phi) is 6.70. The highest BCUT2D eigenvalue weighted by Crippen LogP contribution is 2.22. The van der Waals surface area contributed by atoms with Gasteiger partial charge in [0, 0.05) is 6.20 Å². The first kappa shape index (κ1) is 22.4. The van der Waals surface area contributed by atoms with E-state index in [2.05, 4.69) is 25.8 Å². The van der Waals surface area contributed by atoms with Crippen LogP contribution in [0.1, 0.15) is 63.6 Å². The molecule has 1 aromatic carbocycles. The van der Waals surface area contributed by atoms with Crippen LogP contribution in [0.5, 0.6) is 0 Å². The van der Waals surface area contributed by atoms with Crippen molar-refractivity contribution in [3.05, 3.63) is 77.7 Å². The predicted octanol–water partition coefficient (Wildman–Crippen LogP) is 4.10. The molecule has 8 heteroatoms. The fraction of sp³-hybridized carbons (Fsp3) is 0.391. The summed E-state index contributed by atoms with van der Waals surface area (Å²) in [5.41, 5.74) is 0.516. The second-order valence-corrected chi connectivity index (χ2v) is 8.74. The van der Waals surface area contributed by atoms with Gasteiger partial charge in [-0.2, -0.15) is 4.98 Å². The van der Waals surface area contributed by atoms with E-state index >= 15 is 0 Å². The third kappa shape index (κ3) is 6.36. The van der Waals surface area contributed by atoms with Crippen LogP contribution in [0.2, 0.25) is 0 Å². The van der Waals surface area contributed by atoms with E-state index in [0.29, 0.717) is 18.3 Å². The highest BCUT2D eigenvalue weighted by molar-refractivity contribution is 5.68. The smallest absolute Gasteiger partial charge is 0.408 e. The largest absolute Gasteiger partial charge is 0.444 e. The van der Waals surface area contributed by atoms with Gasteiger partial charge in [-0.25, -0.2) is 4.79 Å². The minimum atomic E-state index is -0.857. The summed E-state index contributed by atoms with van der Waals surface area (Å²) in [6, 6.07) is 15.7. The zero-order valence-electron chi connectivity index (χ0n) is 18.5. The van der Waals surface area contributed by atoms with Crippen molar-refractivity contribution in [3.8, 4) is 0 Å². The molecule has 0 saturated heterocycles. The van der Waals surface area contributed by atoms with Gasteiger partial charge in [-0.05, 0) is 52.3 Å². The molecular formula is C23H29N5O3. The molecule has 0 aliphatic carbocycles. The lowest BCUT2D eigenvalue weighted by atomic mass is 10.0. The first-order valence-electron chi connectivity index (χ1n) is 10.2. The summed E-state index contributed by atoms with van der Waals surface area (Å²) in [7, 11) is 0. The number of ether oxygens (including phenoxy) is 1. The molecule has 1 amide bonds. The monoisotopic (exact) mass is 423 g/mol. The standard InChI is InChI=1S/C23H29N5O3/c1-22(2,3)30-21(29)27-23(4,5)20-26-18(31-28-20)15-25-19(16-11-7-6-8-12-16)17-13-9-10-14-24-17/h6-14,19,25H,15H2,1-5H3,(H,27,29). The van der Waals surface area contributed by atoms with Crippen molar-refractivity contribution in [1.29, 1.82) is 0 Å². The lowest BCUT2D eigenvalue weighted by Crippen LogP contribution is -2.44. The topological polar surface area (TPSA) is 102 Å². The van der Waals surface area contributed by atoms with E-state index in [1.807, 2.05) is 69.3 Å². The predicted molar refractivity (Wildman–Crippen MR) is 116 cm³/mol. The molecule has 164 valence electrons. The van der Waals surface area contributed by atoms with Crippen LogP contribution in [0.4, 0.5) is 4.79 Å². The molecule has 0 saturated carbocycles. The summed E-state index contributed by atoms with van der Waals surface area (Å²) in [4.78, 5) is 21.1. The Morgan fingerprint density at radius 2 is 1.77 bits per heavy atom. The van der Waals surface area contributed by atoms with Crippen LogP contribution in [0.25, 0.3) is 0 Å². The van der Waals surface area contributed by atoms with E-state index in [4.69, 9.17) is 9.26 Å². The molecule has 0 radical (unpaired) electrons. The zero-order valence-corrected chi connectivity index (χ0v) is 18.5. The van der Waals surface area contributed by atoms with Crippen molar-refractivity contribution in [1.82, 2.24) is 25.8 Å². The summed E-state index contributed by atoms with van der Waals surface area (Å²) >= 11 is 0. The number of nitrogens with zero attached hydrogens (tertiary/aromatic N) is 3. The molecule has 0 spiro atoms. The highest BCUT2D eigenvalue weighted by Gasteiger charge is 2.31. The van der Waals surface area contributed by atoms with Crippen molar-refractivity contribution in [3.63, 3.8) is 0 Å². The number of nitrogens with one attached hydrogen (secondary N) is 2. The lowest BCUT2D eigenvalue weighted by Gasteiger charge is -2.26. The van der Waals surface area contributed by atoms with E-state index in [9.17, 15) is 4.79 Å². The molecule has 2 N–H and O–H groups in total. The Hall–Kier alpha value is -3.26. The van der Waals surface area contributed by atoms with Crippen molar-refractivity contribution in [2.45, 2.75) is 58.3 Å². The molecule has 0 aliphatic rings. The first-order chi connectivity index (χ1) is 14.6. The Labute approximate surface area is 182 Å². The van der Waals surface area contributed by atoms with Crippen LogP contribution in [0, 0.1) is 0 Å². The zero-order chi connectivity index (χ0) is 22.5. The number of hydrogen-bond acceptors (Lipinski definition) is 7. The molecule has 1 unspecified atom stereocenters. The minimum absolute atomic E-state index is 0.134. The van der Waals surface area contributed by atoms with Crippen molar-refractivity contribution >= 4 is 6.09 Å². The summed E-state index contributed by atoms with van der Waals surface area (Å²) in [6.45, 7) is 9.35. The number of alkyl carbamates (subject to hydrolysis) is 1. The number of rotatable bonds is 7.